The second-order valence-corrected chi connectivity index (χ2v) is 5.89. The third-order valence-corrected chi connectivity index (χ3v) is 3.88. The zero-order chi connectivity index (χ0) is 18.4. The van der Waals surface area contributed by atoms with Gasteiger partial charge < -0.3 is 14.2 Å². The predicted octanol–water partition coefficient (Wildman–Crippen LogP) is 4.07. The zero-order valence-electron chi connectivity index (χ0n) is 14.6. The van der Waals surface area contributed by atoms with E-state index in [1.54, 1.807) is 18.2 Å². The van der Waals surface area contributed by atoms with E-state index in [-0.39, 0.29) is 11.5 Å². The maximum absolute atomic E-state index is 12.3. The number of rotatable bonds is 7. The predicted molar refractivity (Wildman–Crippen MR) is 96.1 cm³/mol. The van der Waals surface area contributed by atoms with E-state index in [0.29, 0.717) is 30.3 Å². The maximum atomic E-state index is 12.3. The molecule has 26 heavy (non-hydrogen) atoms. The number of hydrogen-bond donors (Lipinski definition) is 0. The molecule has 3 rings (SSSR count). The van der Waals surface area contributed by atoms with Gasteiger partial charge in [-0.15, -0.1) is 0 Å². The molecule has 0 saturated heterocycles. The van der Waals surface area contributed by atoms with Gasteiger partial charge in [-0.2, -0.15) is 0 Å². The van der Waals surface area contributed by atoms with Crippen LogP contribution in [0.2, 0.25) is 0 Å². The standard InChI is InChI=1S/C21H20O5/c1-2-3-11-24-20(22)13-19-21(23)17-10-9-16(12-18(17)26-19)25-14-15-7-5-4-6-8-15/h4-10,12-13H,2-3,11,14H2,1H3/b19-13+. The maximum Gasteiger partial charge on any atom is 0.334 e. The second kappa shape index (κ2) is 8.34. The van der Waals surface area contributed by atoms with Gasteiger partial charge in [-0.3, -0.25) is 4.79 Å². The van der Waals surface area contributed by atoms with Crippen molar-refractivity contribution >= 4 is 11.8 Å². The van der Waals surface area contributed by atoms with Crippen LogP contribution >= 0.6 is 0 Å². The van der Waals surface area contributed by atoms with Gasteiger partial charge in [0.25, 0.3) is 0 Å². The summed E-state index contributed by atoms with van der Waals surface area (Å²) in [5.41, 5.74) is 1.45. The molecule has 0 N–H and O–H groups in total. The lowest BCUT2D eigenvalue weighted by molar-refractivity contribution is -0.138. The van der Waals surface area contributed by atoms with Gasteiger partial charge >= 0.3 is 5.97 Å². The Morgan fingerprint density at radius 2 is 1.96 bits per heavy atom. The van der Waals surface area contributed by atoms with Gasteiger partial charge in [-0.25, -0.2) is 4.79 Å². The number of carbonyl (C=O) groups excluding carboxylic acids is 2. The van der Waals surface area contributed by atoms with Crippen molar-refractivity contribution in [2.75, 3.05) is 6.61 Å². The first-order valence-corrected chi connectivity index (χ1v) is 8.59. The zero-order valence-corrected chi connectivity index (χ0v) is 14.6. The molecule has 5 heteroatoms. The molecular weight excluding hydrogens is 332 g/mol. The summed E-state index contributed by atoms with van der Waals surface area (Å²) in [5, 5.41) is 0. The monoisotopic (exact) mass is 352 g/mol. The van der Waals surface area contributed by atoms with Gasteiger partial charge in [0.15, 0.2) is 5.76 Å². The van der Waals surface area contributed by atoms with E-state index in [1.165, 1.54) is 0 Å². The minimum absolute atomic E-state index is 0.0262. The molecule has 0 fully saturated rings. The minimum atomic E-state index is -0.574. The van der Waals surface area contributed by atoms with Crippen molar-refractivity contribution in [1.29, 1.82) is 0 Å². The highest BCUT2D eigenvalue weighted by atomic mass is 16.5. The summed E-state index contributed by atoms with van der Waals surface area (Å²) in [6.45, 7) is 2.75. The molecule has 0 bridgehead atoms. The number of benzene rings is 2. The highest BCUT2D eigenvalue weighted by Gasteiger charge is 2.28. The molecule has 134 valence electrons. The Balaban J connectivity index is 1.65. The third-order valence-electron chi connectivity index (χ3n) is 3.88. The van der Waals surface area contributed by atoms with Crippen molar-refractivity contribution in [3.63, 3.8) is 0 Å². The van der Waals surface area contributed by atoms with E-state index in [4.69, 9.17) is 14.2 Å². The van der Waals surface area contributed by atoms with Crippen LogP contribution in [0.1, 0.15) is 35.7 Å². The first-order valence-electron chi connectivity index (χ1n) is 8.59. The lowest BCUT2D eigenvalue weighted by atomic mass is 10.1. The highest BCUT2D eigenvalue weighted by molar-refractivity contribution is 6.14. The van der Waals surface area contributed by atoms with Crippen molar-refractivity contribution in [1.82, 2.24) is 0 Å². The van der Waals surface area contributed by atoms with Gasteiger partial charge in [0, 0.05) is 6.07 Å². The fourth-order valence-corrected chi connectivity index (χ4v) is 2.46. The van der Waals surface area contributed by atoms with Crippen LogP contribution in [-0.4, -0.2) is 18.4 Å². The quantitative estimate of drug-likeness (QED) is 0.427. The van der Waals surface area contributed by atoms with Crippen LogP contribution in [0, 0.1) is 0 Å². The van der Waals surface area contributed by atoms with Crippen molar-refractivity contribution in [3.05, 3.63) is 71.5 Å². The molecule has 0 amide bonds. The minimum Gasteiger partial charge on any atom is -0.489 e. The Morgan fingerprint density at radius 1 is 1.15 bits per heavy atom. The first kappa shape index (κ1) is 17.7. The summed E-state index contributed by atoms with van der Waals surface area (Å²) >= 11 is 0. The SMILES string of the molecule is CCCCOC(=O)/C=C1/Oc2cc(OCc3ccccc3)ccc2C1=O. The average Bonchev–Trinajstić information content (AvgIpc) is 2.96. The van der Waals surface area contributed by atoms with E-state index in [2.05, 4.69) is 0 Å². The first-order chi connectivity index (χ1) is 12.7. The van der Waals surface area contributed by atoms with Gasteiger partial charge in [0.2, 0.25) is 5.78 Å². The van der Waals surface area contributed by atoms with Gasteiger partial charge in [0.1, 0.15) is 18.1 Å². The molecule has 0 aromatic heterocycles. The van der Waals surface area contributed by atoms with Crippen LogP contribution in [0.4, 0.5) is 0 Å². The molecule has 0 aliphatic carbocycles. The summed E-state index contributed by atoms with van der Waals surface area (Å²) in [7, 11) is 0. The Kier molecular flexibility index (Phi) is 5.69. The number of allylic oxidation sites excluding steroid dienone is 1. The Bertz CT molecular complexity index is 824. The molecule has 0 atom stereocenters. The number of Topliss-reactive ketones (excluding diaryl/α,β-unsaturated/α-hetero) is 1. The molecule has 0 radical (unpaired) electrons. The molecule has 2 aromatic carbocycles. The van der Waals surface area contributed by atoms with E-state index in [1.807, 2.05) is 37.3 Å². The number of fused-ring (bicyclic) bond motifs is 1. The van der Waals surface area contributed by atoms with E-state index >= 15 is 0 Å². The fraction of sp³-hybridized carbons (Fsp3) is 0.238. The molecule has 5 nitrogen and oxygen atoms in total. The molecule has 2 aromatic rings. The number of unbranched alkanes of at least 4 members (excludes halogenated alkanes) is 1. The van der Waals surface area contributed by atoms with Crippen molar-refractivity contribution in [2.24, 2.45) is 0 Å². The average molecular weight is 352 g/mol. The third kappa shape index (κ3) is 4.30. The summed E-state index contributed by atoms with van der Waals surface area (Å²) in [4.78, 5) is 24.1. The molecule has 1 heterocycles. The van der Waals surface area contributed by atoms with E-state index in [0.717, 1.165) is 24.5 Å². The molecule has 0 unspecified atom stereocenters. The largest absolute Gasteiger partial charge is 0.489 e. The molecule has 0 spiro atoms. The number of ketones is 1. The Labute approximate surface area is 152 Å². The van der Waals surface area contributed by atoms with Crippen LogP contribution in [0.25, 0.3) is 0 Å². The van der Waals surface area contributed by atoms with Gasteiger partial charge in [-0.1, -0.05) is 43.7 Å². The van der Waals surface area contributed by atoms with Gasteiger partial charge in [-0.05, 0) is 24.1 Å². The van der Waals surface area contributed by atoms with Crippen molar-refractivity contribution < 1.29 is 23.8 Å². The molecular formula is C21H20O5. The summed E-state index contributed by atoms with van der Waals surface area (Å²) in [6.07, 6.45) is 2.81. The molecule has 1 aliphatic rings. The van der Waals surface area contributed by atoms with Crippen LogP contribution in [0.5, 0.6) is 11.5 Å². The summed E-state index contributed by atoms with van der Waals surface area (Å²) < 4.78 is 16.3. The van der Waals surface area contributed by atoms with Crippen LogP contribution in [0.15, 0.2) is 60.4 Å². The Morgan fingerprint density at radius 3 is 2.73 bits per heavy atom. The number of carbonyl (C=O) groups is 2. The second-order valence-electron chi connectivity index (χ2n) is 5.89. The highest BCUT2D eigenvalue weighted by Crippen LogP contribution is 2.34. The fourth-order valence-electron chi connectivity index (χ4n) is 2.46. The summed E-state index contributed by atoms with van der Waals surface area (Å²) in [5.74, 6) is 0.0410. The van der Waals surface area contributed by atoms with Crippen LogP contribution in [0.3, 0.4) is 0 Å². The smallest absolute Gasteiger partial charge is 0.334 e. The molecule has 0 saturated carbocycles. The van der Waals surface area contributed by atoms with Crippen LogP contribution in [-0.2, 0) is 16.1 Å². The lowest BCUT2D eigenvalue weighted by Gasteiger charge is -2.07. The summed E-state index contributed by atoms with van der Waals surface area (Å²) in [6, 6.07) is 14.8. The molecule has 1 aliphatic heterocycles. The number of esters is 1. The normalized spacial score (nSPS) is 14.0. The topological polar surface area (TPSA) is 61.8 Å². The number of ether oxygens (including phenoxy) is 3. The van der Waals surface area contributed by atoms with Gasteiger partial charge in [0.05, 0.1) is 18.2 Å². The van der Waals surface area contributed by atoms with Crippen molar-refractivity contribution in [2.45, 2.75) is 26.4 Å². The number of hydrogen-bond acceptors (Lipinski definition) is 5. The van der Waals surface area contributed by atoms with Crippen molar-refractivity contribution in [3.8, 4) is 11.5 Å². The van der Waals surface area contributed by atoms with Crippen LogP contribution < -0.4 is 9.47 Å². The lowest BCUT2D eigenvalue weighted by Crippen LogP contribution is -2.07. The van der Waals surface area contributed by atoms with E-state index < -0.39 is 5.97 Å². The van der Waals surface area contributed by atoms with E-state index in [9.17, 15) is 9.59 Å². The Hall–Kier alpha value is -3.08.